The van der Waals surface area contributed by atoms with Crippen LogP contribution in [0.3, 0.4) is 0 Å². The van der Waals surface area contributed by atoms with Crippen LogP contribution in [0.1, 0.15) is 22.3 Å². The number of nitrogens with zero attached hydrogens (tertiary/aromatic N) is 1. The van der Waals surface area contributed by atoms with Crippen LogP contribution in [-0.4, -0.2) is 43.5 Å². The summed E-state index contributed by atoms with van der Waals surface area (Å²) in [6.45, 7) is 0.411. The predicted molar refractivity (Wildman–Crippen MR) is 119 cm³/mol. The van der Waals surface area contributed by atoms with Crippen molar-refractivity contribution in [2.45, 2.75) is 25.4 Å². The number of amides is 1. The highest BCUT2D eigenvalue weighted by Gasteiger charge is 2.29. The van der Waals surface area contributed by atoms with E-state index in [9.17, 15) is 18.0 Å². The normalized spacial score (nSPS) is 17.5. The number of fused-ring (bicyclic) bond motifs is 1. The molecule has 0 bridgehead atoms. The molecule has 2 heterocycles. The van der Waals surface area contributed by atoms with Crippen LogP contribution in [0.15, 0.2) is 59.5 Å². The molecule has 0 saturated carbocycles. The highest BCUT2D eigenvalue weighted by Crippen LogP contribution is 2.18. The number of nitrogens with one attached hydrogen (secondary N) is 1. The van der Waals surface area contributed by atoms with Crippen molar-refractivity contribution in [2.75, 3.05) is 18.6 Å². The Morgan fingerprint density at radius 1 is 1.13 bits per heavy atom. The molecular weight excluding hydrogens is 416 g/mol. The number of pyridine rings is 1. The van der Waals surface area contributed by atoms with Crippen LogP contribution in [0.4, 0.5) is 0 Å². The van der Waals surface area contributed by atoms with Gasteiger partial charge in [-0.25, -0.2) is 8.42 Å². The Bertz CT molecular complexity index is 1280. The van der Waals surface area contributed by atoms with E-state index >= 15 is 0 Å². The van der Waals surface area contributed by atoms with Crippen molar-refractivity contribution in [1.82, 2.24) is 9.88 Å². The van der Waals surface area contributed by atoms with Crippen LogP contribution < -0.4 is 15.6 Å². The molecule has 1 aliphatic rings. The number of methoxy groups -OCH3 is 1. The number of ether oxygens (including phenoxy) is 1. The van der Waals surface area contributed by atoms with E-state index in [4.69, 9.17) is 4.74 Å². The lowest BCUT2D eigenvalue weighted by Crippen LogP contribution is -2.36. The lowest BCUT2D eigenvalue weighted by molar-refractivity contribution is 0.0942. The molecule has 0 spiro atoms. The summed E-state index contributed by atoms with van der Waals surface area (Å²) in [4.78, 5) is 26.0. The maximum atomic E-state index is 13.0. The first kappa shape index (κ1) is 21.1. The fourth-order valence-corrected chi connectivity index (χ4v) is 5.58. The Hall–Kier alpha value is -3.13. The molecule has 2 aromatic carbocycles. The molecule has 3 aromatic rings. The Kier molecular flexibility index (Phi) is 5.82. The number of benzene rings is 2. The Labute approximate surface area is 180 Å². The zero-order valence-electron chi connectivity index (χ0n) is 17.2. The van der Waals surface area contributed by atoms with Gasteiger partial charge in [0.25, 0.3) is 11.5 Å². The van der Waals surface area contributed by atoms with Gasteiger partial charge in [-0.1, -0.05) is 30.3 Å². The van der Waals surface area contributed by atoms with Gasteiger partial charge >= 0.3 is 0 Å². The number of rotatable bonds is 6. The summed E-state index contributed by atoms with van der Waals surface area (Å²) in [6.07, 6.45) is 2.60. The van der Waals surface area contributed by atoms with Crippen LogP contribution in [-0.2, 0) is 22.8 Å². The summed E-state index contributed by atoms with van der Waals surface area (Å²) >= 11 is 0. The topological polar surface area (TPSA) is 94.5 Å². The van der Waals surface area contributed by atoms with E-state index in [0.29, 0.717) is 35.7 Å². The van der Waals surface area contributed by atoms with Crippen molar-refractivity contribution in [2.24, 2.45) is 0 Å². The van der Waals surface area contributed by atoms with Crippen LogP contribution >= 0.6 is 0 Å². The Morgan fingerprint density at radius 2 is 1.84 bits per heavy atom. The number of aryl methyl sites for hydroxylation is 2. The largest absolute Gasteiger partial charge is 0.497 e. The Morgan fingerprint density at radius 3 is 2.48 bits per heavy atom. The number of carbonyl (C=O) groups is 1. The molecule has 1 aromatic heterocycles. The smallest absolute Gasteiger partial charge is 0.258 e. The number of aromatic nitrogens is 1. The van der Waals surface area contributed by atoms with Gasteiger partial charge < -0.3 is 14.6 Å². The third kappa shape index (κ3) is 4.64. The van der Waals surface area contributed by atoms with E-state index in [1.54, 1.807) is 42.1 Å². The number of sulfone groups is 1. The molecule has 31 heavy (non-hydrogen) atoms. The fraction of sp³-hybridized carbons (Fsp3) is 0.304. The second-order valence-corrected chi connectivity index (χ2v) is 9.99. The first-order chi connectivity index (χ1) is 14.9. The van der Waals surface area contributed by atoms with Crippen LogP contribution in [0, 0.1) is 0 Å². The van der Waals surface area contributed by atoms with E-state index in [2.05, 4.69) is 5.32 Å². The van der Waals surface area contributed by atoms with Gasteiger partial charge in [-0.2, -0.15) is 0 Å². The molecule has 0 radical (unpaired) electrons. The van der Waals surface area contributed by atoms with Crippen molar-refractivity contribution >= 4 is 26.5 Å². The van der Waals surface area contributed by atoms with E-state index in [0.717, 1.165) is 11.3 Å². The Balaban J connectivity index is 1.62. The number of hydrogen-bond acceptors (Lipinski definition) is 5. The van der Waals surface area contributed by atoms with Gasteiger partial charge in [0, 0.05) is 29.6 Å². The number of hydrogen-bond donors (Lipinski definition) is 1. The SMILES string of the molecule is COc1ccc(CCn2cc(C(=O)N[C@H]3CCS(=O)(=O)C3)c3ccccc3c2=O)cc1. The zero-order valence-corrected chi connectivity index (χ0v) is 18.0. The van der Waals surface area contributed by atoms with E-state index in [1.165, 1.54) is 0 Å². The van der Waals surface area contributed by atoms with Crippen LogP contribution in [0.25, 0.3) is 10.8 Å². The van der Waals surface area contributed by atoms with Crippen molar-refractivity contribution in [3.63, 3.8) is 0 Å². The first-order valence-corrected chi connectivity index (χ1v) is 11.9. The van der Waals surface area contributed by atoms with Gasteiger partial charge in [0.1, 0.15) is 5.75 Å². The van der Waals surface area contributed by atoms with Gasteiger partial charge in [-0.15, -0.1) is 0 Å². The number of carbonyl (C=O) groups excluding carboxylic acids is 1. The second-order valence-electron chi connectivity index (χ2n) is 7.76. The summed E-state index contributed by atoms with van der Waals surface area (Å²) in [6, 6.07) is 14.2. The third-order valence-electron chi connectivity index (χ3n) is 5.61. The third-order valence-corrected chi connectivity index (χ3v) is 7.37. The van der Waals surface area contributed by atoms with Crippen molar-refractivity contribution in [3.8, 4) is 5.75 Å². The molecule has 1 N–H and O–H groups in total. The molecule has 4 rings (SSSR count). The summed E-state index contributed by atoms with van der Waals surface area (Å²) in [7, 11) is -1.50. The molecule has 1 saturated heterocycles. The molecule has 1 fully saturated rings. The molecule has 0 aliphatic carbocycles. The van der Waals surface area contributed by atoms with E-state index < -0.39 is 15.9 Å². The van der Waals surface area contributed by atoms with Gasteiger partial charge in [0.2, 0.25) is 0 Å². The van der Waals surface area contributed by atoms with Crippen molar-refractivity contribution < 1.29 is 17.9 Å². The zero-order chi connectivity index (χ0) is 22.0. The summed E-state index contributed by atoms with van der Waals surface area (Å²) in [5, 5.41) is 3.85. The lowest BCUT2D eigenvalue weighted by atomic mass is 10.1. The minimum atomic E-state index is -3.10. The average molecular weight is 441 g/mol. The summed E-state index contributed by atoms with van der Waals surface area (Å²) in [5.74, 6) is 0.435. The standard InChI is InChI=1S/C23H24N2O5S/c1-30-18-8-6-16(7-9-18)10-12-25-14-21(19-4-2-3-5-20(19)23(25)27)22(26)24-17-11-13-31(28,29)15-17/h2-9,14,17H,10-13,15H2,1H3,(H,24,26)/t17-/m0/s1. The van der Waals surface area contributed by atoms with Gasteiger partial charge in [0.05, 0.1) is 24.2 Å². The van der Waals surface area contributed by atoms with Gasteiger partial charge in [-0.05, 0) is 36.6 Å². The maximum Gasteiger partial charge on any atom is 0.258 e. The highest BCUT2D eigenvalue weighted by molar-refractivity contribution is 7.91. The summed E-state index contributed by atoms with van der Waals surface area (Å²) in [5.41, 5.74) is 1.25. The van der Waals surface area contributed by atoms with Crippen LogP contribution in [0.2, 0.25) is 0 Å². The van der Waals surface area contributed by atoms with Crippen LogP contribution in [0.5, 0.6) is 5.75 Å². The van der Waals surface area contributed by atoms with Crippen molar-refractivity contribution in [1.29, 1.82) is 0 Å². The molecule has 1 atom stereocenters. The monoisotopic (exact) mass is 440 g/mol. The molecule has 162 valence electrons. The van der Waals surface area contributed by atoms with Crippen molar-refractivity contribution in [3.05, 3.63) is 76.2 Å². The maximum absolute atomic E-state index is 13.0. The second kappa shape index (κ2) is 8.55. The van der Waals surface area contributed by atoms with Gasteiger partial charge in [0.15, 0.2) is 9.84 Å². The lowest BCUT2D eigenvalue weighted by Gasteiger charge is -2.15. The average Bonchev–Trinajstić information content (AvgIpc) is 3.11. The molecular formula is C23H24N2O5S. The fourth-order valence-electron chi connectivity index (χ4n) is 3.90. The highest BCUT2D eigenvalue weighted by atomic mass is 32.2. The molecule has 8 heteroatoms. The quantitative estimate of drug-likeness (QED) is 0.634. The van der Waals surface area contributed by atoms with E-state index in [-0.39, 0.29) is 23.0 Å². The molecule has 0 unspecified atom stereocenters. The minimum Gasteiger partial charge on any atom is -0.497 e. The predicted octanol–water partition coefficient (Wildman–Crippen LogP) is 2.17. The molecule has 7 nitrogen and oxygen atoms in total. The molecule has 1 amide bonds. The summed E-state index contributed by atoms with van der Waals surface area (Å²) < 4.78 is 30.2. The van der Waals surface area contributed by atoms with E-state index in [1.807, 2.05) is 24.3 Å². The molecule has 1 aliphatic heterocycles. The minimum absolute atomic E-state index is 0.0478. The first-order valence-electron chi connectivity index (χ1n) is 10.1. The van der Waals surface area contributed by atoms with Gasteiger partial charge in [-0.3, -0.25) is 9.59 Å².